The number of rotatable bonds is 12. The number of benzene rings is 5. The van der Waals surface area contributed by atoms with E-state index in [-0.39, 0.29) is 23.6 Å². The van der Waals surface area contributed by atoms with E-state index in [1.807, 2.05) is 83.5 Å². The van der Waals surface area contributed by atoms with E-state index in [1.165, 1.54) is 18.2 Å². The lowest BCUT2D eigenvalue weighted by Crippen LogP contribution is -2.40. The molecule has 0 aliphatic carbocycles. The topological polar surface area (TPSA) is 155 Å². The highest BCUT2D eigenvalue weighted by Gasteiger charge is 2.50. The molecule has 264 valence electrons. The Bertz CT molecular complexity index is 2250. The van der Waals surface area contributed by atoms with Crippen LogP contribution in [0, 0.1) is 0 Å². The lowest BCUT2D eigenvalue weighted by molar-refractivity contribution is 0.0564. The average molecular weight is 734 g/mol. The summed E-state index contributed by atoms with van der Waals surface area (Å²) < 4.78 is 60.5. The van der Waals surface area contributed by atoms with Crippen molar-refractivity contribution in [2.45, 2.75) is 44.0 Å². The van der Waals surface area contributed by atoms with E-state index in [0.717, 1.165) is 28.8 Å². The molecule has 0 aliphatic rings. The monoisotopic (exact) mass is 733 g/mol. The number of halogens is 2. The van der Waals surface area contributed by atoms with Crippen molar-refractivity contribution < 1.29 is 42.2 Å². The third kappa shape index (κ3) is 7.44. The Morgan fingerprint density at radius 2 is 1.29 bits per heavy atom. The molecule has 1 unspecified atom stereocenters. The first kappa shape index (κ1) is 36.3. The van der Waals surface area contributed by atoms with Crippen molar-refractivity contribution in [3.05, 3.63) is 144 Å². The Morgan fingerprint density at radius 1 is 0.725 bits per heavy atom. The van der Waals surface area contributed by atoms with Crippen LogP contribution in [-0.2, 0) is 33.2 Å². The largest absolute Gasteiger partial charge is 0.490 e. The zero-order valence-corrected chi connectivity index (χ0v) is 29.3. The van der Waals surface area contributed by atoms with Gasteiger partial charge in [-0.1, -0.05) is 102 Å². The van der Waals surface area contributed by atoms with Gasteiger partial charge in [-0.15, -0.1) is 5.10 Å². The molecule has 4 N–H and O–H groups in total. The number of alkyl halides is 2. The fourth-order valence-electron chi connectivity index (χ4n) is 6.23. The van der Waals surface area contributed by atoms with Crippen LogP contribution in [0.4, 0.5) is 8.78 Å². The third-order valence-corrected chi connectivity index (χ3v) is 10.6. The summed E-state index contributed by atoms with van der Waals surface area (Å²) in [6, 6.07) is 34.2. The lowest BCUT2D eigenvalue weighted by Gasteiger charge is -2.36. The van der Waals surface area contributed by atoms with Gasteiger partial charge in [0.2, 0.25) is 0 Å². The van der Waals surface area contributed by atoms with Crippen LogP contribution < -0.4 is 10.0 Å². The fraction of sp³-hybridized carbons (Fsp3) is 0.189. The fourth-order valence-corrected chi connectivity index (χ4v) is 7.44. The van der Waals surface area contributed by atoms with Gasteiger partial charge in [0.25, 0.3) is 0 Å². The minimum atomic E-state index is -5.75. The number of fused-ring (bicyclic) bond motifs is 1. The predicted octanol–water partition coefficient (Wildman–Crippen LogP) is 7.14. The quantitative estimate of drug-likeness (QED) is 0.0961. The molecule has 6 aromatic rings. The van der Waals surface area contributed by atoms with E-state index in [9.17, 15) is 37.5 Å². The molecule has 0 fully saturated rings. The van der Waals surface area contributed by atoms with E-state index in [0.29, 0.717) is 28.6 Å². The van der Waals surface area contributed by atoms with Gasteiger partial charge in [-0.2, -0.15) is 8.78 Å². The first-order chi connectivity index (χ1) is 24.1. The summed E-state index contributed by atoms with van der Waals surface area (Å²) in [5.74, 6) is 0.116. The van der Waals surface area contributed by atoms with Gasteiger partial charge < -0.3 is 24.3 Å². The SMILES string of the molecule is CC(C)Oc1ccc(-c2ccc(CC(Cc3ccc(C(F)(F)P(=O)(O)O)cc3)(c3ccccc3)n3nnc4ccccc43)cc2)cc1P(=O)(O)O. The van der Waals surface area contributed by atoms with Crippen molar-refractivity contribution in [1.82, 2.24) is 15.0 Å². The van der Waals surface area contributed by atoms with Gasteiger partial charge in [-0.05, 0) is 65.9 Å². The van der Waals surface area contributed by atoms with Crippen molar-refractivity contribution in [3.63, 3.8) is 0 Å². The number of para-hydroxylation sites is 1. The van der Waals surface area contributed by atoms with E-state index >= 15 is 0 Å². The second kappa shape index (κ2) is 13.9. The number of hydrogen-bond acceptors (Lipinski definition) is 5. The number of aromatic nitrogens is 3. The number of hydrogen-bond donors (Lipinski definition) is 4. The second-order valence-electron chi connectivity index (χ2n) is 12.6. The molecule has 1 aromatic heterocycles. The molecule has 0 spiro atoms. The molecule has 0 saturated heterocycles. The summed E-state index contributed by atoms with van der Waals surface area (Å²) in [7, 11) is -10.4. The van der Waals surface area contributed by atoms with Gasteiger partial charge in [-0.25, -0.2) is 4.68 Å². The molecule has 10 nitrogen and oxygen atoms in total. The minimum Gasteiger partial charge on any atom is -0.490 e. The predicted molar refractivity (Wildman–Crippen MR) is 190 cm³/mol. The number of nitrogens with zero attached hydrogens (tertiary/aromatic N) is 3. The summed E-state index contributed by atoms with van der Waals surface area (Å²) >= 11 is 0. The number of ether oxygens (including phenoxy) is 1. The van der Waals surface area contributed by atoms with E-state index in [2.05, 4.69) is 10.3 Å². The van der Waals surface area contributed by atoms with Gasteiger partial charge in [0, 0.05) is 18.4 Å². The molecule has 1 heterocycles. The van der Waals surface area contributed by atoms with E-state index in [1.54, 1.807) is 26.0 Å². The summed E-state index contributed by atoms with van der Waals surface area (Å²) in [6.45, 7) is 3.54. The molecule has 0 aliphatic heterocycles. The summed E-state index contributed by atoms with van der Waals surface area (Å²) in [5, 5.41) is 8.83. The molecular formula is C37H35F2N3O7P2. The van der Waals surface area contributed by atoms with Crippen LogP contribution in [0.25, 0.3) is 22.2 Å². The molecule has 51 heavy (non-hydrogen) atoms. The molecular weight excluding hydrogens is 698 g/mol. The average Bonchev–Trinajstić information content (AvgIpc) is 3.53. The normalized spacial score (nSPS) is 13.7. The zero-order valence-electron chi connectivity index (χ0n) is 27.5. The van der Waals surface area contributed by atoms with Gasteiger partial charge in [0.1, 0.15) is 16.6 Å². The van der Waals surface area contributed by atoms with E-state index in [4.69, 9.17) is 4.74 Å². The van der Waals surface area contributed by atoms with Crippen LogP contribution in [0.15, 0.2) is 121 Å². The first-order valence-electron chi connectivity index (χ1n) is 15.9. The maximum Gasteiger partial charge on any atom is 0.399 e. The van der Waals surface area contributed by atoms with Crippen LogP contribution in [0.3, 0.4) is 0 Å². The Morgan fingerprint density at radius 3 is 1.88 bits per heavy atom. The van der Waals surface area contributed by atoms with E-state index < -0.39 is 32.0 Å². The van der Waals surface area contributed by atoms with Crippen molar-refractivity contribution >= 4 is 31.5 Å². The van der Waals surface area contributed by atoms with Crippen LogP contribution >= 0.6 is 15.2 Å². The highest BCUT2D eigenvalue weighted by atomic mass is 31.2. The van der Waals surface area contributed by atoms with Crippen LogP contribution in [-0.4, -0.2) is 40.7 Å². The first-order valence-corrected chi connectivity index (χ1v) is 19.2. The maximum absolute atomic E-state index is 14.6. The smallest absolute Gasteiger partial charge is 0.399 e. The molecule has 0 amide bonds. The Labute approximate surface area is 292 Å². The molecule has 6 rings (SSSR count). The summed E-state index contributed by atoms with van der Waals surface area (Å²) in [6.07, 6.45) is 0.294. The van der Waals surface area contributed by atoms with Crippen LogP contribution in [0.5, 0.6) is 5.75 Å². The standard InChI is InChI=1S/C37H35F2N3O7P2/c1-25(2)49-34-21-18-29(22-35(34)50(43,44)45)28-16-12-26(13-17-28)23-36(30-8-4-3-5-9-30,42-33-11-7-6-10-32(33)40-41-42)24-27-14-19-31(20-15-27)37(38,39)51(46,47)48/h3-22,25H,23-24H2,1-2H3,(H2,43,44,45)(H2,46,47,48). The van der Waals surface area contributed by atoms with Crippen molar-refractivity contribution in [3.8, 4) is 16.9 Å². The third-order valence-electron chi connectivity index (χ3n) is 8.65. The zero-order chi connectivity index (χ0) is 36.6. The van der Waals surface area contributed by atoms with Gasteiger partial charge in [0.15, 0.2) is 0 Å². The van der Waals surface area contributed by atoms with Gasteiger partial charge >= 0.3 is 20.9 Å². The molecule has 14 heteroatoms. The lowest BCUT2D eigenvalue weighted by atomic mass is 9.78. The summed E-state index contributed by atoms with van der Waals surface area (Å²) in [4.78, 5) is 38.7. The highest BCUT2D eigenvalue weighted by Crippen LogP contribution is 2.59. The Balaban J connectivity index is 1.45. The van der Waals surface area contributed by atoms with Gasteiger partial charge in [0.05, 0.1) is 17.2 Å². The second-order valence-corrected chi connectivity index (χ2v) is 15.8. The molecule has 1 atom stereocenters. The molecule has 0 radical (unpaired) electrons. The minimum absolute atomic E-state index is 0.116. The van der Waals surface area contributed by atoms with Crippen molar-refractivity contribution in [2.75, 3.05) is 0 Å². The highest BCUT2D eigenvalue weighted by molar-refractivity contribution is 7.60. The van der Waals surface area contributed by atoms with Crippen LogP contribution in [0.2, 0.25) is 0 Å². The van der Waals surface area contributed by atoms with Crippen LogP contribution in [0.1, 0.15) is 36.1 Å². The van der Waals surface area contributed by atoms with Crippen molar-refractivity contribution in [2.24, 2.45) is 0 Å². The van der Waals surface area contributed by atoms with Crippen molar-refractivity contribution in [1.29, 1.82) is 0 Å². The molecule has 0 saturated carbocycles. The molecule has 0 bridgehead atoms. The Hall–Kier alpha value is -4.54. The Kier molecular flexibility index (Phi) is 9.87. The van der Waals surface area contributed by atoms with Gasteiger partial charge in [-0.3, -0.25) is 9.13 Å². The summed E-state index contributed by atoms with van der Waals surface area (Å²) in [5.41, 5.74) is -1.13. The maximum atomic E-state index is 14.6. The molecule has 5 aromatic carbocycles.